The summed E-state index contributed by atoms with van der Waals surface area (Å²) < 4.78 is 7.17. The molecule has 2 N–H and O–H groups in total. The smallest absolute Gasteiger partial charge is 0.191 e. The molecule has 0 radical (unpaired) electrons. The van der Waals surface area contributed by atoms with Crippen LogP contribution in [0.5, 0.6) is 0 Å². The van der Waals surface area contributed by atoms with Crippen LogP contribution in [-0.2, 0) is 13.1 Å². The van der Waals surface area contributed by atoms with Gasteiger partial charge in [0.1, 0.15) is 17.9 Å². The van der Waals surface area contributed by atoms with E-state index in [1.165, 1.54) is 0 Å². The summed E-state index contributed by atoms with van der Waals surface area (Å²) >= 11 is 0. The van der Waals surface area contributed by atoms with Gasteiger partial charge in [0.15, 0.2) is 5.96 Å². The minimum Gasteiger partial charge on any atom is -0.467 e. The summed E-state index contributed by atoms with van der Waals surface area (Å²) in [6.07, 6.45) is 8.81. The average Bonchev–Trinajstić information content (AvgIpc) is 3.31. The van der Waals surface area contributed by atoms with Crippen molar-refractivity contribution in [2.45, 2.75) is 20.0 Å². The number of pyridine rings is 1. The van der Waals surface area contributed by atoms with Crippen LogP contribution in [0.25, 0.3) is 5.82 Å². The monoisotopic (exact) mass is 452 g/mol. The molecule has 3 rings (SSSR count). The molecule has 0 amide bonds. The van der Waals surface area contributed by atoms with Crippen LogP contribution in [0.3, 0.4) is 0 Å². The molecule has 0 saturated heterocycles. The van der Waals surface area contributed by atoms with Gasteiger partial charge in [0.05, 0.1) is 19.4 Å². The fraction of sp³-hybridized carbons (Fsp3) is 0.235. The zero-order valence-corrected chi connectivity index (χ0v) is 16.3. The number of nitrogens with zero attached hydrogens (tertiary/aromatic N) is 4. The second kappa shape index (κ2) is 9.82. The van der Waals surface area contributed by atoms with Crippen LogP contribution in [0.1, 0.15) is 18.2 Å². The average molecular weight is 452 g/mol. The van der Waals surface area contributed by atoms with Gasteiger partial charge in [-0.25, -0.2) is 15.0 Å². The first-order chi connectivity index (χ1) is 11.8. The number of rotatable bonds is 6. The van der Waals surface area contributed by atoms with Crippen LogP contribution in [-0.4, -0.2) is 27.0 Å². The van der Waals surface area contributed by atoms with Crippen molar-refractivity contribution in [1.29, 1.82) is 0 Å². The van der Waals surface area contributed by atoms with Crippen molar-refractivity contribution in [3.8, 4) is 5.82 Å². The molecule has 25 heavy (non-hydrogen) atoms. The minimum absolute atomic E-state index is 0. The molecule has 0 unspecified atom stereocenters. The maximum Gasteiger partial charge on any atom is 0.191 e. The third-order valence-electron chi connectivity index (χ3n) is 3.35. The first-order valence-corrected chi connectivity index (χ1v) is 7.83. The Hall–Kier alpha value is -2.36. The topological polar surface area (TPSA) is 80.3 Å². The number of hydrogen-bond donors (Lipinski definition) is 2. The molecular weight excluding hydrogens is 431 g/mol. The fourth-order valence-corrected chi connectivity index (χ4v) is 2.15. The van der Waals surface area contributed by atoms with Gasteiger partial charge >= 0.3 is 0 Å². The number of furan rings is 1. The quantitative estimate of drug-likeness (QED) is 0.342. The molecule has 3 aromatic rings. The molecule has 0 aliphatic rings. The van der Waals surface area contributed by atoms with Gasteiger partial charge in [0.2, 0.25) is 0 Å². The molecule has 3 aromatic heterocycles. The Morgan fingerprint density at radius 3 is 2.84 bits per heavy atom. The van der Waals surface area contributed by atoms with Crippen molar-refractivity contribution < 1.29 is 4.42 Å². The van der Waals surface area contributed by atoms with Gasteiger partial charge in [0, 0.05) is 25.1 Å². The van der Waals surface area contributed by atoms with Crippen molar-refractivity contribution in [2.24, 2.45) is 4.99 Å². The predicted molar refractivity (Wildman–Crippen MR) is 107 cm³/mol. The minimum atomic E-state index is 0. The molecule has 0 spiro atoms. The molecule has 132 valence electrons. The van der Waals surface area contributed by atoms with Crippen LogP contribution in [0.4, 0.5) is 0 Å². The van der Waals surface area contributed by atoms with E-state index < -0.39 is 0 Å². The number of nitrogens with one attached hydrogen (secondary N) is 2. The highest BCUT2D eigenvalue weighted by molar-refractivity contribution is 14.0. The summed E-state index contributed by atoms with van der Waals surface area (Å²) in [6.45, 7) is 3.97. The van der Waals surface area contributed by atoms with E-state index in [9.17, 15) is 0 Å². The molecule has 8 heteroatoms. The van der Waals surface area contributed by atoms with Gasteiger partial charge in [-0.05, 0) is 30.7 Å². The third-order valence-corrected chi connectivity index (χ3v) is 3.35. The van der Waals surface area contributed by atoms with Gasteiger partial charge < -0.3 is 15.1 Å². The molecule has 0 aliphatic heterocycles. The lowest BCUT2D eigenvalue weighted by molar-refractivity contribution is 0.501. The van der Waals surface area contributed by atoms with E-state index in [-0.39, 0.29) is 24.0 Å². The van der Waals surface area contributed by atoms with E-state index in [0.29, 0.717) is 13.1 Å². The van der Waals surface area contributed by atoms with Gasteiger partial charge in [-0.3, -0.25) is 4.57 Å². The second-order valence-corrected chi connectivity index (χ2v) is 5.12. The van der Waals surface area contributed by atoms with Crippen molar-refractivity contribution in [1.82, 2.24) is 25.2 Å². The molecular formula is C17H21IN6O. The van der Waals surface area contributed by atoms with Gasteiger partial charge in [0.25, 0.3) is 0 Å². The molecule has 7 nitrogen and oxygen atoms in total. The molecule has 0 bridgehead atoms. The summed E-state index contributed by atoms with van der Waals surface area (Å²) in [5.74, 6) is 2.45. The number of hydrogen-bond acceptors (Lipinski definition) is 4. The lowest BCUT2D eigenvalue weighted by Gasteiger charge is -2.10. The number of imidazole rings is 1. The van der Waals surface area contributed by atoms with Crippen LogP contribution in [0, 0.1) is 0 Å². The van der Waals surface area contributed by atoms with Crippen LogP contribution in [0.15, 0.2) is 64.9 Å². The molecule has 0 fully saturated rings. The van der Waals surface area contributed by atoms with Crippen LogP contribution >= 0.6 is 24.0 Å². The highest BCUT2D eigenvalue weighted by Crippen LogP contribution is 2.06. The van der Waals surface area contributed by atoms with E-state index in [4.69, 9.17) is 4.42 Å². The van der Waals surface area contributed by atoms with Crippen molar-refractivity contribution in [3.05, 3.63) is 66.8 Å². The van der Waals surface area contributed by atoms with E-state index in [2.05, 4.69) is 25.6 Å². The Labute approximate surface area is 163 Å². The van der Waals surface area contributed by atoms with Crippen molar-refractivity contribution in [2.75, 3.05) is 6.54 Å². The first kappa shape index (κ1) is 19.0. The summed E-state index contributed by atoms with van der Waals surface area (Å²) in [7, 11) is 0. The largest absolute Gasteiger partial charge is 0.467 e. The number of guanidine groups is 1. The number of halogens is 1. The second-order valence-electron chi connectivity index (χ2n) is 5.12. The normalized spacial score (nSPS) is 11.0. The molecule has 0 aliphatic carbocycles. The van der Waals surface area contributed by atoms with Crippen molar-refractivity contribution >= 4 is 29.9 Å². The van der Waals surface area contributed by atoms with Crippen LogP contribution < -0.4 is 10.6 Å². The predicted octanol–water partition coefficient (Wildman–Crippen LogP) is 2.73. The lowest BCUT2D eigenvalue weighted by atomic mass is 10.3. The Morgan fingerprint density at radius 2 is 2.20 bits per heavy atom. The van der Waals surface area contributed by atoms with E-state index >= 15 is 0 Å². The summed E-state index contributed by atoms with van der Waals surface area (Å²) in [5.41, 5.74) is 1.04. The highest BCUT2D eigenvalue weighted by atomic mass is 127. The SMILES string of the molecule is CCNC(=NCc1ccc(-n2ccnc2)nc1)NCc1ccco1.I. The summed E-state index contributed by atoms with van der Waals surface area (Å²) in [6, 6.07) is 7.77. The van der Waals surface area contributed by atoms with Crippen molar-refractivity contribution in [3.63, 3.8) is 0 Å². The Bertz CT molecular complexity index is 753. The zero-order chi connectivity index (χ0) is 16.6. The molecule has 3 heterocycles. The van der Waals surface area contributed by atoms with Gasteiger partial charge in [-0.15, -0.1) is 24.0 Å². The maximum atomic E-state index is 5.31. The number of aliphatic imine (C=N–C) groups is 1. The van der Waals surface area contributed by atoms with E-state index in [0.717, 1.165) is 29.6 Å². The molecule has 0 saturated carbocycles. The Kier molecular flexibility index (Phi) is 7.45. The maximum absolute atomic E-state index is 5.31. The van der Waals surface area contributed by atoms with E-state index in [1.54, 1.807) is 18.8 Å². The zero-order valence-electron chi connectivity index (χ0n) is 13.9. The van der Waals surface area contributed by atoms with Crippen LogP contribution in [0.2, 0.25) is 0 Å². The Balaban J connectivity index is 0.00000225. The summed E-state index contributed by atoms with van der Waals surface area (Å²) in [4.78, 5) is 13.0. The van der Waals surface area contributed by atoms with Gasteiger partial charge in [-0.2, -0.15) is 0 Å². The molecule has 0 atom stereocenters. The lowest BCUT2D eigenvalue weighted by Crippen LogP contribution is -2.36. The van der Waals surface area contributed by atoms with Gasteiger partial charge in [-0.1, -0.05) is 6.07 Å². The Morgan fingerprint density at radius 1 is 1.28 bits per heavy atom. The number of aromatic nitrogens is 3. The molecule has 0 aromatic carbocycles. The highest BCUT2D eigenvalue weighted by Gasteiger charge is 2.01. The first-order valence-electron chi connectivity index (χ1n) is 7.83. The van der Waals surface area contributed by atoms with E-state index in [1.807, 2.05) is 48.1 Å². The summed E-state index contributed by atoms with van der Waals surface area (Å²) in [5, 5.41) is 6.45. The third kappa shape index (κ3) is 5.59. The standard InChI is InChI=1S/C17H20N6O.HI/c1-2-19-17(22-12-15-4-3-9-24-15)21-11-14-5-6-16(20-10-14)23-8-7-18-13-23;/h3-10,13H,2,11-12H2,1H3,(H2,19,21,22);1H. The fourth-order valence-electron chi connectivity index (χ4n) is 2.15.